The second-order valence-corrected chi connectivity index (χ2v) is 4.99. The molecule has 0 saturated heterocycles. The van der Waals surface area contributed by atoms with Gasteiger partial charge in [-0.15, -0.1) is 0 Å². The zero-order chi connectivity index (χ0) is 10.9. The minimum Gasteiger partial charge on any atom is -0.316 e. The Kier molecular flexibility index (Phi) is 6.74. The van der Waals surface area contributed by atoms with Gasteiger partial charge in [-0.05, 0) is 50.6 Å². The molecule has 0 aliphatic heterocycles. The van der Waals surface area contributed by atoms with Crippen LogP contribution in [0, 0.1) is 11.8 Å². The largest absolute Gasteiger partial charge is 0.316 e. The molecule has 0 atom stereocenters. The van der Waals surface area contributed by atoms with Crippen LogP contribution in [0.15, 0.2) is 12.2 Å². The Morgan fingerprint density at radius 1 is 1.13 bits per heavy atom. The van der Waals surface area contributed by atoms with Crippen molar-refractivity contribution in [2.45, 2.75) is 52.4 Å². The maximum atomic E-state index is 3.43. The summed E-state index contributed by atoms with van der Waals surface area (Å²) in [6.07, 6.45) is 13.0. The van der Waals surface area contributed by atoms with E-state index in [1.165, 1.54) is 38.5 Å². The number of hydrogen-bond donors (Lipinski definition) is 1. The summed E-state index contributed by atoms with van der Waals surface area (Å²) in [7, 11) is 0. The number of allylic oxidation sites excluding steroid dienone is 1. The SMILES string of the molecule is CCCNCCC=CC1CCC(C)CC1. The van der Waals surface area contributed by atoms with E-state index in [2.05, 4.69) is 31.3 Å². The highest BCUT2D eigenvalue weighted by Gasteiger charge is 2.15. The Bertz CT molecular complexity index is 166. The third-order valence-corrected chi connectivity index (χ3v) is 3.38. The number of nitrogens with one attached hydrogen (secondary N) is 1. The van der Waals surface area contributed by atoms with E-state index in [4.69, 9.17) is 0 Å². The van der Waals surface area contributed by atoms with Crippen LogP contribution in [0.25, 0.3) is 0 Å². The van der Waals surface area contributed by atoms with E-state index in [-0.39, 0.29) is 0 Å². The summed E-state index contributed by atoms with van der Waals surface area (Å²) in [5.41, 5.74) is 0. The van der Waals surface area contributed by atoms with E-state index in [0.29, 0.717) is 0 Å². The van der Waals surface area contributed by atoms with Crippen LogP contribution in [-0.4, -0.2) is 13.1 Å². The van der Waals surface area contributed by atoms with Crippen LogP contribution in [0.1, 0.15) is 52.4 Å². The molecule has 1 fully saturated rings. The van der Waals surface area contributed by atoms with E-state index in [1.807, 2.05) is 0 Å². The molecule has 1 aliphatic carbocycles. The molecule has 1 saturated carbocycles. The van der Waals surface area contributed by atoms with Crippen LogP contribution in [-0.2, 0) is 0 Å². The summed E-state index contributed by atoms with van der Waals surface area (Å²) in [4.78, 5) is 0. The molecule has 0 aromatic carbocycles. The van der Waals surface area contributed by atoms with Crippen LogP contribution >= 0.6 is 0 Å². The average molecular weight is 209 g/mol. The lowest BCUT2D eigenvalue weighted by Crippen LogP contribution is -2.15. The molecule has 15 heavy (non-hydrogen) atoms. The second-order valence-electron chi connectivity index (χ2n) is 4.99. The number of rotatable bonds is 6. The normalized spacial score (nSPS) is 27.3. The fourth-order valence-corrected chi connectivity index (χ4v) is 2.25. The summed E-state index contributed by atoms with van der Waals surface area (Å²) in [6, 6.07) is 0. The van der Waals surface area contributed by atoms with E-state index in [9.17, 15) is 0 Å². The minimum absolute atomic E-state index is 0.882. The molecule has 0 unspecified atom stereocenters. The molecule has 0 bridgehead atoms. The van der Waals surface area contributed by atoms with E-state index >= 15 is 0 Å². The lowest BCUT2D eigenvalue weighted by atomic mass is 9.83. The van der Waals surface area contributed by atoms with Gasteiger partial charge in [0.05, 0.1) is 0 Å². The Morgan fingerprint density at radius 2 is 1.87 bits per heavy atom. The third-order valence-electron chi connectivity index (χ3n) is 3.38. The minimum atomic E-state index is 0.882. The maximum absolute atomic E-state index is 3.43. The highest BCUT2D eigenvalue weighted by atomic mass is 14.8. The molecule has 1 heteroatoms. The molecule has 0 heterocycles. The van der Waals surface area contributed by atoms with Gasteiger partial charge in [0.25, 0.3) is 0 Å². The summed E-state index contributed by atoms with van der Waals surface area (Å²) in [5.74, 6) is 1.85. The summed E-state index contributed by atoms with van der Waals surface area (Å²) in [6.45, 7) is 6.91. The molecule has 88 valence electrons. The molecule has 0 amide bonds. The van der Waals surface area contributed by atoms with Crippen LogP contribution in [0.2, 0.25) is 0 Å². The molecule has 1 N–H and O–H groups in total. The zero-order valence-corrected chi connectivity index (χ0v) is 10.5. The molecule has 0 spiro atoms. The summed E-state index contributed by atoms with van der Waals surface area (Å²) < 4.78 is 0. The smallest absolute Gasteiger partial charge is 0.00143 e. The average Bonchev–Trinajstić information content (AvgIpc) is 2.26. The predicted molar refractivity (Wildman–Crippen MR) is 68.0 cm³/mol. The van der Waals surface area contributed by atoms with Crippen molar-refractivity contribution in [1.82, 2.24) is 5.32 Å². The van der Waals surface area contributed by atoms with Gasteiger partial charge in [0.15, 0.2) is 0 Å². The highest BCUT2D eigenvalue weighted by molar-refractivity contribution is 4.90. The Labute approximate surface area is 95.3 Å². The first-order valence-corrected chi connectivity index (χ1v) is 6.70. The molecule has 0 aromatic rings. The quantitative estimate of drug-likeness (QED) is 0.519. The van der Waals surface area contributed by atoms with E-state index in [1.54, 1.807) is 0 Å². The summed E-state index contributed by atoms with van der Waals surface area (Å²) >= 11 is 0. The van der Waals surface area contributed by atoms with Crippen molar-refractivity contribution in [3.8, 4) is 0 Å². The van der Waals surface area contributed by atoms with Crippen LogP contribution in [0.4, 0.5) is 0 Å². The van der Waals surface area contributed by atoms with Gasteiger partial charge < -0.3 is 5.32 Å². The molecule has 1 rings (SSSR count). The van der Waals surface area contributed by atoms with Gasteiger partial charge in [0.2, 0.25) is 0 Å². The van der Waals surface area contributed by atoms with Crippen molar-refractivity contribution in [1.29, 1.82) is 0 Å². The monoisotopic (exact) mass is 209 g/mol. The first-order valence-electron chi connectivity index (χ1n) is 6.70. The number of hydrogen-bond acceptors (Lipinski definition) is 1. The van der Waals surface area contributed by atoms with Crippen LogP contribution in [0.5, 0.6) is 0 Å². The molecule has 0 aromatic heterocycles. The second kappa shape index (κ2) is 7.92. The Morgan fingerprint density at radius 3 is 2.53 bits per heavy atom. The van der Waals surface area contributed by atoms with Crippen molar-refractivity contribution in [2.75, 3.05) is 13.1 Å². The highest BCUT2D eigenvalue weighted by Crippen LogP contribution is 2.28. The van der Waals surface area contributed by atoms with Gasteiger partial charge in [-0.2, -0.15) is 0 Å². The molecular weight excluding hydrogens is 182 g/mol. The lowest BCUT2D eigenvalue weighted by molar-refractivity contribution is 0.330. The first-order chi connectivity index (χ1) is 7.33. The van der Waals surface area contributed by atoms with Crippen molar-refractivity contribution < 1.29 is 0 Å². The van der Waals surface area contributed by atoms with Crippen molar-refractivity contribution in [3.05, 3.63) is 12.2 Å². The molecular formula is C14H27N. The van der Waals surface area contributed by atoms with Crippen LogP contribution in [0.3, 0.4) is 0 Å². The van der Waals surface area contributed by atoms with Crippen molar-refractivity contribution >= 4 is 0 Å². The lowest BCUT2D eigenvalue weighted by Gasteiger charge is -2.23. The van der Waals surface area contributed by atoms with Gasteiger partial charge in [-0.3, -0.25) is 0 Å². The topological polar surface area (TPSA) is 12.0 Å². The third kappa shape index (κ3) is 5.99. The van der Waals surface area contributed by atoms with Crippen LogP contribution < -0.4 is 5.32 Å². The van der Waals surface area contributed by atoms with Crippen molar-refractivity contribution in [2.24, 2.45) is 11.8 Å². The van der Waals surface area contributed by atoms with Gasteiger partial charge in [0, 0.05) is 0 Å². The van der Waals surface area contributed by atoms with Gasteiger partial charge in [-0.25, -0.2) is 0 Å². The predicted octanol–water partition coefficient (Wildman–Crippen LogP) is 3.76. The van der Waals surface area contributed by atoms with Gasteiger partial charge >= 0.3 is 0 Å². The van der Waals surface area contributed by atoms with Gasteiger partial charge in [-0.1, -0.05) is 38.8 Å². The molecule has 1 nitrogen and oxygen atoms in total. The summed E-state index contributed by atoms with van der Waals surface area (Å²) in [5, 5.41) is 3.43. The first kappa shape index (κ1) is 12.8. The Balaban J connectivity index is 2.00. The Hall–Kier alpha value is -0.300. The van der Waals surface area contributed by atoms with E-state index < -0.39 is 0 Å². The fourth-order valence-electron chi connectivity index (χ4n) is 2.25. The van der Waals surface area contributed by atoms with Crippen molar-refractivity contribution in [3.63, 3.8) is 0 Å². The fraction of sp³-hybridized carbons (Fsp3) is 0.857. The van der Waals surface area contributed by atoms with E-state index in [0.717, 1.165) is 24.9 Å². The molecule has 0 radical (unpaired) electrons. The van der Waals surface area contributed by atoms with Gasteiger partial charge in [0.1, 0.15) is 0 Å². The standard InChI is InChI=1S/C14H27N/c1-3-11-15-12-5-4-6-14-9-7-13(2)8-10-14/h4,6,13-15H,3,5,7-12H2,1-2H3. The molecule has 1 aliphatic rings. The zero-order valence-electron chi connectivity index (χ0n) is 10.5. The maximum Gasteiger partial charge on any atom is -0.00143 e.